The normalized spacial score (nSPS) is 12.2. The highest BCUT2D eigenvalue weighted by Crippen LogP contribution is 2.44. The Morgan fingerprint density at radius 2 is 0.848 bits per heavy atom. The van der Waals surface area contributed by atoms with Crippen molar-refractivity contribution in [3.8, 4) is 32.0 Å². The van der Waals surface area contributed by atoms with Gasteiger partial charge in [0.2, 0.25) is 0 Å². The molecule has 5 rings (SSSR count). The number of hydrogen-bond donors (Lipinski definition) is 0. The molecule has 5 heteroatoms. The molecule has 46 heavy (non-hydrogen) atoms. The summed E-state index contributed by atoms with van der Waals surface area (Å²) in [6.45, 7) is 4.56. The Bertz CT molecular complexity index is 1460. The molecule has 0 amide bonds. The summed E-state index contributed by atoms with van der Waals surface area (Å²) in [6, 6.07) is 17.6. The Kier molecular flexibility index (Phi) is 14.2. The summed E-state index contributed by atoms with van der Waals surface area (Å²) in [5.41, 5.74) is 8.87. The van der Waals surface area contributed by atoms with Gasteiger partial charge in [-0.25, -0.2) is 0 Å². The van der Waals surface area contributed by atoms with Gasteiger partial charge < -0.3 is 0 Å². The van der Waals surface area contributed by atoms with Gasteiger partial charge in [0.05, 0.1) is 7.57 Å². The maximum absolute atomic E-state index is 13.8. The summed E-state index contributed by atoms with van der Waals surface area (Å²) in [6.07, 6.45) is 23.7. The molecule has 0 fully saturated rings. The molecule has 2 aromatic heterocycles. The van der Waals surface area contributed by atoms with Crippen LogP contribution in [0.5, 0.6) is 0 Å². The van der Waals surface area contributed by atoms with Crippen molar-refractivity contribution < 1.29 is 4.79 Å². The second kappa shape index (κ2) is 18.3. The Morgan fingerprint density at radius 3 is 1.24 bits per heavy atom. The van der Waals surface area contributed by atoms with Gasteiger partial charge in [0.25, 0.3) is 0 Å². The first-order valence-electron chi connectivity index (χ1n) is 17.9. The molecule has 0 unspecified atom stereocenters. The van der Waals surface area contributed by atoms with Gasteiger partial charge in [0.1, 0.15) is 0 Å². The van der Waals surface area contributed by atoms with Crippen molar-refractivity contribution in [1.82, 2.24) is 0 Å². The summed E-state index contributed by atoms with van der Waals surface area (Å²) >= 11 is 11.3. The number of carbonyl (C=O) groups excluding carboxylic acids is 1. The lowest BCUT2D eigenvalue weighted by atomic mass is 10.0. The number of benzene rings is 2. The summed E-state index contributed by atoms with van der Waals surface area (Å²) in [4.78, 5) is 16.2. The molecule has 2 heterocycles. The van der Waals surface area contributed by atoms with Crippen LogP contribution in [0.2, 0.25) is 0 Å². The van der Waals surface area contributed by atoms with E-state index in [1.807, 2.05) is 0 Å². The van der Waals surface area contributed by atoms with E-state index in [1.165, 1.54) is 131 Å². The molecule has 0 N–H and O–H groups in total. The van der Waals surface area contributed by atoms with Crippen LogP contribution in [0.15, 0.2) is 56.1 Å². The molecule has 2 aromatic carbocycles. The summed E-state index contributed by atoms with van der Waals surface area (Å²) in [5, 5.41) is 0. The Labute approximate surface area is 302 Å². The molecule has 0 aliphatic heterocycles. The number of unbranched alkanes of at least 4 members (excludes halogenated alkanes) is 14. The molecular formula is C41H50Br2OS2. The third-order valence-corrected chi connectivity index (χ3v) is 13.5. The van der Waals surface area contributed by atoms with Crippen molar-refractivity contribution in [2.24, 2.45) is 0 Å². The molecule has 1 aliphatic carbocycles. The van der Waals surface area contributed by atoms with Crippen LogP contribution in [0.1, 0.15) is 144 Å². The van der Waals surface area contributed by atoms with Gasteiger partial charge in [0.15, 0.2) is 5.78 Å². The third-order valence-electron chi connectivity index (χ3n) is 9.50. The van der Waals surface area contributed by atoms with Crippen LogP contribution in [-0.4, -0.2) is 5.78 Å². The van der Waals surface area contributed by atoms with Crippen LogP contribution in [0, 0.1) is 0 Å². The van der Waals surface area contributed by atoms with E-state index in [0.717, 1.165) is 46.2 Å². The van der Waals surface area contributed by atoms with Gasteiger partial charge in [-0.15, -0.1) is 22.7 Å². The van der Waals surface area contributed by atoms with Crippen LogP contribution < -0.4 is 0 Å². The molecule has 0 saturated carbocycles. The van der Waals surface area contributed by atoms with E-state index in [4.69, 9.17) is 0 Å². The highest BCUT2D eigenvalue weighted by Gasteiger charge is 2.28. The third kappa shape index (κ3) is 9.33. The van der Waals surface area contributed by atoms with Gasteiger partial charge in [-0.2, -0.15) is 0 Å². The molecule has 4 aromatic rings. The smallest absolute Gasteiger partial charge is 0.194 e. The lowest BCUT2D eigenvalue weighted by Crippen LogP contribution is -1.95. The van der Waals surface area contributed by atoms with E-state index in [-0.39, 0.29) is 5.78 Å². The largest absolute Gasteiger partial charge is 0.289 e. The first-order valence-corrected chi connectivity index (χ1v) is 21.1. The zero-order valence-electron chi connectivity index (χ0n) is 27.8. The molecule has 246 valence electrons. The molecule has 0 radical (unpaired) electrons. The average Bonchev–Trinajstić information content (AvgIpc) is 3.72. The summed E-state index contributed by atoms with van der Waals surface area (Å²) in [5.74, 6) is 0.151. The molecule has 0 saturated heterocycles. The molecule has 1 nitrogen and oxygen atoms in total. The number of halogens is 2. The lowest BCUT2D eigenvalue weighted by molar-refractivity contribution is 0.104. The fourth-order valence-electron chi connectivity index (χ4n) is 6.72. The predicted octanol–water partition coefficient (Wildman–Crippen LogP) is 15.2. The number of fused-ring (bicyclic) bond motifs is 3. The van der Waals surface area contributed by atoms with Crippen LogP contribution in [0.25, 0.3) is 32.0 Å². The molecule has 0 spiro atoms. The van der Waals surface area contributed by atoms with E-state index >= 15 is 0 Å². The second-order valence-electron chi connectivity index (χ2n) is 13.1. The molecule has 0 bridgehead atoms. The standard InChI is InChI=1S/C41H50Br2OS2/c1-3-5-7-9-11-13-15-17-19-31-27-37(45-40(31)42)29-21-23-33-34-24-22-30(26-36(34)39(44)35(33)25-29)38-28-32(41(43)46-38)20-18-16-14-12-10-8-6-4-2/h21-28H,3-20H2,1-2H3. The monoisotopic (exact) mass is 780 g/mol. The Morgan fingerprint density at radius 1 is 0.478 bits per heavy atom. The summed E-state index contributed by atoms with van der Waals surface area (Å²) in [7, 11) is 0. The van der Waals surface area contributed by atoms with E-state index < -0.39 is 0 Å². The van der Waals surface area contributed by atoms with E-state index in [2.05, 4.69) is 94.2 Å². The van der Waals surface area contributed by atoms with Crippen molar-refractivity contribution in [3.63, 3.8) is 0 Å². The Hall–Kier alpha value is -1.53. The minimum absolute atomic E-state index is 0.151. The van der Waals surface area contributed by atoms with Gasteiger partial charge >= 0.3 is 0 Å². The van der Waals surface area contributed by atoms with Crippen molar-refractivity contribution >= 4 is 60.3 Å². The van der Waals surface area contributed by atoms with Crippen molar-refractivity contribution in [2.75, 3.05) is 0 Å². The fourth-order valence-corrected chi connectivity index (χ4v) is 10.3. The second-order valence-corrected chi connectivity index (χ2v) is 17.9. The minimum Gasteiger partial charge on any atom is -0.289 e. The maximum Gasteiger partial charge on any atom is 0.194 e. The van der Waals surface area contributed by atoms with E-state index in [0.29, 0.717) is 0 Å². The quantitative estimate of drug-likeness (QED) is 0.0719. The zero-order valence-corrected chi connectivity index (χ0v) is 32.6. The number of ketones is 1. The van der Waals surface area contributed by atoms with Gasteiger partial charge in [-0.1, -0.05) is 128 Å². The van der Waals surface area contributed by atoms with E-state index in [1.54, 1.807) is 22.7 Å². The van der Waals surface area contributed by atoms with Crippen LogP contribution >= 0.6 is 54.5 Å². The highest BCUT2D eigenvalue weighted by molar-refractivity contribution is 9.11. The number of carbonyl (C=O) groups is 1. The Balaban J connectivity index is 1.18. The van der Waals surface area contributed by atoms with Gasteiger partial charge in [0, 0.05) is 20.9 Å². The topological polar surface area (TPSA) is 17.1 Å². The average molecular weight is 783 g/mol. The molecular weight excluding hydrogens is 732 g/mol. The van der Waals surface area contributed by atoms with E-state index in [9.17, 15) is 4.79 Å². The lowest BCUT2D eigenvalue weighted by Gasteiger charge is -2.04. The van der Waals surface area contributed by atoms with Crippen LogP contribution in [0.4, 0.5) is 0 Å². The number of thiophene rings is 2. The highest BCUT2D eigenvalue weighted by atomic mass is 79.9. The van der Waals surface area contributed by atoms with Gasteiger partial charge in [-0.05, 0) is 115 Å². The minimum atomic E-state index is 0.151. The maximum atomic E-state index is 13.8. The zero-order chi connectivity index (χ0) is 32.3. The van der Waals surface area contributed by atoms with Crippen molar-refractivity contribution in [3.05, 3.63) is 78.4 Å². The number of rotatable bonds is 20. The SMILES string of the molecule is CCCCCCCCCCc1cc(-c2ccc3c(c2)C(=O)c2cc(-c4cc(CCCCCCCCCC)c(Br)s4)ccc2-3)sc1Br. The first-order chi connectivity index (χ1) is 22.5. The van der Waals surface area contributed by atoms with Crippen molar-refractivity contribution in [1.29, 1.82) is 0 Å². The first kappa shape index (κ1) is 35.8. The predicted molar refractivity (Wildman–Crippen MR) is 210 cm³/mol. The summed E-state index contributed by atoms with van der Waals surface area (Å²) < 4.78 is 2.46. The van der Waals surface area contributed by atoms with Gasteiger partial charge in [-0.3, -0.25) is 4.79 Å². The van der Waals surface area contributed by atoms with Crippen molar-refractivity contribution in [2.45, 2.75) is 129 Å². The molecule has 1 aliphatic rings. The molecule has 0 atom stereocenters. The van der Waals surface area contributed by atoms with Crippen LogP contribution in [-0.2, 0) is 12.8 Å². The van der Waals surface area contributed by atoms with Crippen LogP contribution in [0.3, 0.4) is 0 Å². The number of aryl methyl sites for hydroxylation is 2. The fraction of sp³-hybridized carbons (Fsp3) is 0.488. The number of hydrogen-bond acceptors (Lipinski definition) is 3.